The van der Waals surface area contributed by atoms with E-state index in [0.29, 0.717) is 12.4 Å². The maximum atomic E-state index is 11.6. The average molecular weight is 280 g/mol. The fraction of sp³-hybridized carbons (Fsp3) is 0.556. The topological polar surface area (TPSA) is 81.1 Å². The van der Waals surface area contributed by atoms with E-state index in [1.807, 2.05) is 0 Å². The Morgan fingerprint density at radius 3 is 2.65 bits per heavy atom. The minimum absolute atomic E-state index is 0.202. The van der Waals surface area contributed by atoms with Crippen molar-refractivity contribution >= 4 is 25.6 Å². The number of amides is 1. The number of nitrogens with one attached hydrogen (secondary N) is 1. The zero-order valence-corrected chi connectivity index (χ0v) is 11.3. The maximum absolute atomic E-state index is 11.6. The summed E-state index contributed by atoms with van der Waals surface area (Å²) in [6.07, 6.45) is 1.26. The second kappa shape index (κ2) is 5.05. The van der Waals surface area contributed by atoms with Crippen molar-refractivity contribution in [2.75, 3.05) is 6.54 Å². The number of halogens is 1. The number of aryl methyl sites for hydroxylation is 1. The summed E-state index contributed by atoms with van der Waals surface area (Å²) >= 11 is 0. The first kappa shape index (κ1) is 14.0. The molecule has 0 bridgehead atoms. The van der Waals surface area contributed by atoms with E-state index in [1.54, 1.807) is 20.8 Å². The number of imidazole rings is 1. The van der Waals surface area contributed by atoms with Gasteiger partial charge in [0.25, 0.3) is 9.05 Å². The molecule has 1 heterocycles. The van der Waals surface area contributed by atoms with Crippen molar-refractivity contribution in [3.8, 4) is 0 Å². The lowest BCUT2D eigenvalue weighted by molar-refractivity contribution is -0.123. The Balaban J connectivity index is 3.08. The van der Waals surface area contributed by atoms with Crippen LogP contribution < -0.4 is 5.32 Å². The minimum atomic E-state index is -3.87. The molecule has 0 aliphatic heterocycles. The number of carbonyl (C=O) groups is 1. The Hall–Kier alpha value is -1.08. The zero-order chi connectivity index (χ0) is 13.2. The molecule has 0 radical (unpaired) electrons. The Morgan fingerprint density at radius 1 is 1.65 bits per heavy atom. The van der Waals surface area contributed by atoms with Crippen molar-refractivity contribution in [1.29, 1.82) is 0 Å². The van der Waals surface area contributed by atoms with Gasteiger partial charge in [0.2, 0.25) is 5.91 Å². The van der Waals surface area contributed by atoms with Gasteiger partial charge in [-0.25, -0.2) is 13.4 Å². The van der Waals surface area contributed by atoms with Crippen LogP contribution in [0.2, 0.25) is 0 Å². The van der Waals surface area contributed by atoms with Crippen molar-refractivity contribution in [3.63, 3.8) is 0 Å². The summed E-state index contributed by atoms with van der Waals surface area (Å²) < 4.78 is 23.7. The largest absolute Gasteiger partial charge is 0.355 e. The van der Waals surface area contributed by atoms with Crippen LogP contribution in [0.5, 0.6) is 0 Å². The Morgan fingerprint density at radius 2 is 2.24 bits per heavy atom. The Labute approximate surface area is 104 Å². The molecule has 1 rings (SSSR count). The predicted octanol–water partition coefficient (Wildman–Crippen LogP) is 0.816. The van der Waals surface area contributed by atoms with E-state index in [-0.39, 0.29) is 10.9 Å². The van der Waals surface area contributed by atoms with Crippen LogP contribution in [0, 0.1) is 6.92 Å². The number of rotatable bonds is 4. The molecule has 0 aliphatic rings. The van der Waals surface area contributed by atoms with Gasteiger partial charge < -0.3 is 9.88 Å². The van der Waals surface area contributed by atoms with Gasteiger partial charge in [-0.3, -0.25) is 4.79 Å². The van der Waals surface area contributed by atoms with Crippen LogP contribution in [0.1, 0.15) is 25.7 Å². The van der Waals surface area contributed by atoms with E-state index >= 15 is 0 Å². The molecule has 1 unspecified atom stereocenters. The predicted molar refractivity (Wildman–Crippen MR) is 63.4 cm³/mol. The van der Waals surface area contributed by atoms with Crippen LogP contribution in [0.4, 0.5) is 0 Å². The lowest BCUT2D eigenvalue weighted by Crippen LogP contribution is -2.30. The van der Waals surface area contributed by atoms with Crippen LogP contribution in [-0.4, -0.2) is 30.4 Å². The van der Waals surface area contributed by atoms with Gasteiger partial charge in [0.15, 0.2) is 5.03 Å². The third-order valence-electron chi connectivity index (χ3n) is 2.29. The highest BCUT2D eigenvalue weighted by atomic mass is 35.7. The monoisotopic (exact) mass is 279 g/mol. The zero-order valence-electron chi connectivity index (χ0n) is 9.77. The third-order valence-corrected chi connectivity index (χ3v) is 3.46. The van der Waals surface area contributed by atoms with Crippen LogP contribution in [-0.2, 0) is 13.8 Å². The van der Waals surface area contributed by atoms with Crippen molar-refractivity contribution in [3.05, 3.63) is 12.0 Å². The van der Waals surface area contributed by atoms with Crippen molar-refractivity contribution < 1.29 is 13.2 Å². The Kier molecular flexibility index (Phi) is 4.16. The summed E-state index contributed by atoms with van der Waals surface area (Å²) in [7, 11) is 1.32. The summed E-state index contributed by atoms with van der Waals surface area (Å²) in [5.74, 6) is 0.217. The molecular formula is C9H14ClN3O3S. The number of nitrogens with zero attached hydrogens (tertiary/aromatic N) is 2. The molecule has 0 fully saturated rings. The molecule has 0 aromatic carbocycles. The van der Waals surface area contributed by atoms with Crippen LogP contribution in [0.25, 0.3) is 0 Å². The maximum Gasteiger partial charge on any atom is 0.280 e. The van der Waals surface area contributed by atoms with Gasteiger partial charge in [0.05, 0.1) is 0 Å². The highest BCUT2D eigenvalue weighted by Crippen LogP contribution is 2.17. The fourth-order valence-electron chi connectivity index (χ4n) is 1.42. The summed E-state index contributed by atoms with van der Waals surface area (Å²) in [6, 6.07) is -0.533. The molecule has 0 saturated heterocycles. The number of carbonyl (C=O) groups excluding carboxylic acids is 1. The number of likely N-dealkylation sites (N-methyl/N-ethyl adjacent to an activating group) is 1. The summed E-state index contributed by atoms with van der Waals surface area (Å²) in [6.45, 7) is 5.59. The molecule has 8 heteroatoms. The quantitative estimate of drug-likeness (QED) is 0.827. The van der Waals surface area contributed by atoms with Crippen LogP contribution in [0.15, 0.2) is 11.2 Å². The van der Waals surface area contributed by atoms with Crippen LogP contribution >= 0.6 is 10.7 Å². The van der Waals surface area contributed by atoms with E-state index in [1.165, 1.54) is 10.8 Å². The molecule has 96 valence electrons. The van der Waals surface area contributed by atoms with Crippen molar-refractivity contribution in [2.45, 2.75) is 31.8 Å². The molecule has 17 heavy (non-hydrogen) atoms. The second-order valence-corrected chi connectivity index (χ2v) is 6.05. The number of hydrogen-bond donors (Lipinski definition) is 1. The minimum Gasteiger partial charge on any atom is -0.355 e. The molecule has 1 amide bonds. The van der Waals surface area contributed by atoms with Gasteiger partial charge in [0, 0.05) is 23.4 Å². The normalized spacial score (nSPS) is 13.4. The molecule has 1 aromatic heterocycles. The average Bonchev–Trinajstić information content (AvgIpc) is 2.59. The van der Waals surface area contributed by atoms with Crippen molar-refractivity contribution in [2.24, 2.45) is 0 Å². The summed E-state index contributed by atoms with van der Waals surface area (Å²) in [5, 5.41) is 2.41. The smallest absolute Gasteiger partial charge is 0.280 e. The highest BCUT2D eigenvalue weighted by Gasteiger charge is 2.21. The molecule has 0 saturated carbocycles. The first-order valence-corrected chi connectivity index (χ1v) is 7.36. The van der Waals surface area contributed by atoms with Gasteiger partial charge >= 0.3 is 0 Å². The standard InChI is InChI=1S/C9H14ClN3O3S/c1-4-11-9(14)6(2)13-5-8(12-7(13)3)17(10,15)16/h5-6H,4H2,1-3H3,(H,11,14). The lowest BCUT2D eigenvalue weighted by atomic mass is 10.3. The first-order chi connectivity index (χ1) is 7.77. The molecule has 0 aliphatic carbocycles. The van der Waals surface area contributed by atoms with E-state index in [0.717, 1.165) is 0 Å². The summed E-state index contributed by atoms with van der Waals surface area (Å²) in [5.41, 5.74) is 0. The molecule has 1 atom stereocenters. The SMILES string of the molecule is CCNC(=O)C(C)n1cc(S(=O)(=O)Cl)nc1C. The molecule has 1 N–H and O–H groups in total. The van der Waals surface area contributed by atoms with Gasteiger partial charge in [0.1, 0.15) is 11.9 Å². The van der Waals surface area contributed by atoms with Gasteiger partial charge in [-0.1, -0.05) is 0 Å². The van der Waals surface area contributed by atoms with E-state index < -0.39 is 15.1 Å². The van der Waals surface area contributed by atoms with Gasteiger partial charge in [-0.15, -0.1) is 0 Å². The molecule has 6 nitrogen and oxygen atoms in total. The van der Waals surface area contributed by atoms with Crippen LogP contribution in [0.3, 0.4) is 0 Å². The highest BCUT2D eigenvalue weighted by molar-refractivity contribution is 8.13. The lowest BCUT2D eigenvalue weighted by Gasteiger charge is -2.13. The molecular weight excluding hydrogens is 266 g/mol. The Bertz CT molecular complexity index is 524. The molecule has 1 aromatic rings. The first-order valence-electron chi connectivity index (χ1n) is 5.05. The number of aromatic nitrogens is 2. The van der Waals surface area contributed by atoms with Gasteiger partial charge in [-0.05, 0) is 20.8 Å². The van der Waals surface area contributed by atoms with E-state index in [9.17, 15) is 13.2 Å². The molecule has 0 spiro atoms. The van der Waals surface area contributed by atoms with Gasteiger partial charge in [-0.2, -0.15) is 0 Å². The summed E-state index contributed by atoms with van der Waals surface area (Å²) in [4.78, 5) is 15.4. The second-order valence-electron chi connectivity index (χ2n) is 3.54. The number of hydrogen-bond acceptors (Lipinski definition) is 4. The third kappa shape index (κ3) is 3.19. The fourth-order valence-corrected chi connectivity index (χ4v) is 2.12. The van der Waals surface area contributed by atoms with Crippen molar-refractivity contribution in [1.82, 2.24) is 14.9 Å². The van der Waals surface area contributed by atoms with E-state index in [2.05, 4.69) is 10.3 Å². The van der Waals surface area contributed by atoms with E-state index in [4.69, 9.17) is 10.7 Å².